The van der Waals surface area contributed by atoms with E-state index in [0.717, 1.165) is 20.6 Å². The van der Waals surface area contributed by atoms with E-state index in [9.17, 15) is 8.78 Å². The Morgan fingerprint density at radius 2 is 1.81 bits per heavy atom. The lowest BCUT2D eigenvalue weighted by Crippen LogP contribution is -2.24. The van der Waals surface area contributed by atoms with Crippen molar-refractivity contribution in [1.29, 1.82) is 0 Å². The summed E-state index contributed by atoms with van der Waals surface area (Å²) in [5, 5.41) is 3.24. The zero-order valence-corrected chi connectivity index (χ0v) is 15.6. The molecule has 1 unspecified atom stereocenters. The Morgan fingerprint density at radius 3 is 2.29 bits per heavy atom. The first kappa shape index (κ1) is 17.1. The molecule has 2 rings (SSSR count). The fourth-order valence-corrected chi connectivity index (χ4v) is 4.15. The van der Waals surface area contributed by atoms with Gasteiger partial charge in [-0.05, 0) is 59.6 Å². The van der Waals surface area contributed by atoms with Crippen LogP contribution in [0.25, 0.3) is 0 Å². The second kappa shape index (κ2) is 7.31. The molecule has 0 radical (unpaired) electrons. The van der Waals surface area contributed by atoms with Gasteiger partial charge in [0.2, 0.25) is 0 Å². The third kappa shape index (κ3) is 3.92. The monoisotopic (exact) mass is 437 g/mol. The molecule has 1 nitrogen and oxygen atoms in total. The number of hydrogen-bond acceptors (Lipinski definition) is 2. The highest BCUT2D eigenvalue weighted by Gasteiger charge is 2.24. The van der Waals surface area contributed by atoms with Gasteiger partial charge in [0.15, 0.2) is 0 Å². The van der Waals surface area contributed by atoms with Gasteiger partial charge in [-0.1, -0.05) is 22.9 Å². The first-order valence-electron chi connectivity index (χ1n) is 6.57. The molecule has 0 amide bonds. The van der Waals surface area contributed by atoms with Crippen LogP contribution >= 0.6 is 43.2 Å². The summed E-state index contributed by atoms with van der Waals surface area (Å²) in [4.78, 5) is 0.896. The SMILES string of the molecule is CCCNC(c1cc(C)c(Br)s1)c1c(F)cc(Br)cc1F. The van der Waals surface area contributed by atoms with Crippen LogP contribution in [0.15, 0.2) is 26.5 Å². The minimum atomic E-state index is -0.544. The van der Waals surface area contributed by atoms with Crippen LogP contribution in [0.5, 0.6) is 0 Å². The lowest BCUT2D eigenvalue weighted by molar-refractivity contribution is 0.505. The van der Waals surface area contributed by atoms with E-state index >= 15 is 0 Å². The number of rotatable bonds is 5. The predicted octanol–water partition coefficient (Wildman–Crippen LogP) is 5.95. The van der Waals surface area contributed by atoms with Crippen molar-refractivity contribution in [1.82, 2.24) is 5.32 Å². The van der Waals surface area contributed by atoms with Gasteiger partial charge in [0.1, 0.15) is 11.6 Å². The Labute approximate surface area is 144 Å². The predicted molar refractivity (Wildman–Crippen MR) is 91.0 cm³/mol. The summed E-state index contributed by atoms with van der Waals surface area (Å²) in [5.74, 6) is -1.09. The van der Waals surface area contributed by atoms with Gasteiger partial charge in [0.25, 0.3) is 0 Å². The molecule has 0 aliphatic carbocycles. The zero-order chi connectivity index (χ0) is 15.6. The van der Waals surface area contributed by atoms with E-state index < -0.39 is 17.7 Å². The van der Waals surface area contributed by atoms with Crippen LogP contribution in [-0.4, -0.2) is 6.54 Å². The molecule has 1 heterocycles. The average Bonchev–Trinajstić information content (AvgIpc) is 2.72. The fraction of sp³-hybridized carbons (Fsp3) is 0.333. The van der Waals surface area contributed by atoms with Crippen molar-refractivity contribution in [3.8, 4) is 0 Å². The lowest BCUT2D eigenvalue weighted by atomic mass is 10.0. The smallest absolute Gasteiger partial charge is 0.132 e. The van der Waals surface area contributed by atoms with E-state index in [1.165, 1.54) is 23.5 Å². The van der Waals surface area contributed by atoms with Gasteiger partial charge >= 0.3 is 0 Å². The molecular formula is C15H15Br2F2NS. The average molecular weight is 439 g/mol. The third-order valence-corrected chi connectivity index (χ3v) is 5.75. The normalized spacial score (nSPS) is 12.7. The van der Waals surface area contributed by atoms with Crippen molar-refractivity contribution in [3.05, 3.63) is 54.1 Å². The molecule has 0 spiro atoms. The van der Waals surface area contributed by atoms with Crippen LogP contribution in [-0.2, 0) is 0 Å². The van der Waals surface area contributed by atoms with Gasteiger partial charge in [-0.15, -0.1) is 11.3 Å². The van der Waals surface area contributed by atoms with Crippen LogP contribution in [0.2, 0.25) is 0 Å². The van der Waals surface area contributed by atoms with E-state index in [1.54, 1.807) is 0 Å². The summed E-state index contributed by atoms with van der Waals surface area (Å²) in [5.41, 5.74) is 1.14. The molecule has 1 atom stereocenters. The second-order valence-corrected chi connectivity index (χ2v) is 8.09. The number of halogens is 4. The summed E-state index contributed by atoms with van der Waals surface area (Å²) < 4.78 is 29.9. The van der Waals surface area contributed by atoms with Gasteiger partial charge in [0, 0.05) is 14.9 Å². The van der Waals surface area contributed by atoms with Crippen molar-refractivity contribution >= 4 is 43.2 Å². The Morgan fingerprint density at radius 1 is 1.19 bits per heavy atom. The fourth-order valence-electron chi connectivity index (χ4n) is 2.09. The standard InChI is InChI=1S/C15H15Br2F2NS/c1-3-4-20-14(12-5-8(2)15(17)21-12)13-10(18)6-9(16)7-11(13)19/h5-7,14,20H,3-4H2,1-2H3. The highest BCUT2D eigenvalue weighted by molar-refractivity contribution is 9.11. The van der Waals surface area contributed by atoms with E-state index in [1.807, 2.05) is 19.9 Å². The number of nitrogens with one attached hydrogen (secondary N) is 1. The Balaban J connectivity index is 2.50. The highest BCUT2D eigenvalue weighted by atomic mass is 79.9. The van der Waals surface area contributed by atoms with Crippen LogP contribution in [0.4, 0.5) is 8.78 Å². The molecule has 0 saturated carbocycles. The van der Waals surface area contributed by atoms with E-state index in [-0.39, 0.29) is 5.56 Å². The van der Waals surface area contributed by atoms with Crippen LogP contribution < -0.4 is 5.32 Å². The van der Waals surface area contributed by atoms with Gasteiger partial charge < -0.3 is 5.32 Å². The largest absolute Gasteiger partial charge is 0.305 e. The highest BCUT2D eigenvalue weighted by Crippen LogP contribution is 2.36. The maximum absolute atomic E-state index is 14.3. The van der Waals surface area contributed by atoms with Crippen LogP contribution in [0.1, 0.15) is 35.4 Å². The van der Waals surface area contributed by atoms with E-state index in [0.29, 0.717) is 11.0 Å². The number of benzene rings is 1. The van der Waals surface area contributed by atoms with Crippen molar-refractivity contribution in [3.63, 3.8) is 0 Å². The topological polar surface area (TPSA) is 12.0 Å². The molecule has 0 bridgehead atoms. The van der Waals surface area contributed by atoms with Gasteiger partial charge in [-0.25, -0.2) is 8.78 Å². The first-order valence-corrected chi connectivity index (χ1v) is 8.98. The molecule has 0 fully saturated rings. The minimum Gasteiger partial charge on any atom is -0.305 e. The summed E-state index contributed by atoms with van der Waals surface area (Å²) in [6.45, 7) is 4.68. The van der Waals surface area contributed by atoms with Crippen LogP contribution in [0, 0.1) is 18.6 Å². The van der Waals surface area contributed by atoms with Gasteiger partial charge in [-0.3, -0.25) is 0 Å². The van der Waals surface area contributed by atoms with Gasteiger partial charge in [0.05, 0.1) is 9.83 Å². The van der Waals surface area contributed by atoms with Crippen molar-refractivity contribution in [2.45, 2.75) is 26.3 Å². The molecule has 114 valence electrons. The maximum atomic E-state index is 14.3. The van der Waals surface area contributed by atoms with Crippen molar-refractivity contribution in [2.75, 3.05) is 6.54 Å². The van der Waals surface area contributed by atoms with Crippen molar-refractivity contribution in [2.24, 2.45) is 0 Å². The van der Waals surface area contributed by atoms with Gasteiger partial charge in [-0.2, -0.15) is 0 Å². The van der Waals surface area contributed by atoms with E-state index in [4.69, 9.17) is 0 Å². The molecule has 21 heavy (non-hydrogen) atoms. The number of thiophene rings is 1. The molecular weight excluding hydrogens is 424 g/mol. The Hall–Kier alpha value is -0.300. The van der Waals surface area contributed by atoms with E-state index in [2.05, 4.69) is 37.2 Å². The Bertz CT molecular complexity index is 600. The summed E-state index contributed by atoms with van der Waals surface area (Å²) in [6, 6.07) is 4.08. The molecule has 0 aliphatic rings. The summed E-state index contributed by atoms with van der Waals surface area (Å²) >= 11 is 8.08. The molecule has 0 aliphatic heterocycles. The second-order valence-electron chi connectivity index (χ2n) is 4.78. The lowest BCUT2D eigenvalue weighted by Gasteiger charge is -2.19. The summed E-state index contributed by atoms with van der Waals surface area (Å²) in [6.07, 6.45) is 0.891. The zero-order valence-electron chi connectivity index (χ0n) is 11.6. The first-order chi connectivity index (χ1) is 9.93. The third-order valence-electron chi connectivity index (χ3n) is 3.09. The number of hydrogen-bond donors (Lipinski definition) is 1. The molecule has 6 heteroatoms. The molecule has 1 aromatic heterocycles. The molecule has 0 saturated heterocycles. The van der Waals surface area contributed by atoms with Crippen LogP contribution in [0.3, 0.4) is 0 Å². The molecule has 1 N–H and O–H groups in total. The number of aryl methyl sites for hydroxylation is 1. The minimum absolute atomic E-state index is 0.0698. The molecule has 2 aromatic rings. The van der Waals surface area contributed by atoms with Crippen molar-refractivity contribution < 1.29 is 8.78 Å². The Kier molecular flexibility index (Phi) is 5.94. The quantitative estimate of drug-likeness (QED) is 0.608. The maximum Gasteiger partial charge on any atom is 0.132 e. The molecule has 1 aromatic carbocycles. The summed E-state index contributed by atoms with van der Waals surface area (Å²) in [7, 11) is 0.